The number of benzene rings is 2. The van der Waals surface area contributed by atoms with Crippen LogP contribution < -0.4 is 10.1 Å². The molecule has 0 atom stereocenters. The van der Waals surface area contributed by atoms with Crippen LogP contribution in [0.15, 0.2) is 59.1 Å². The predicted molar refractivity (Wildman–Crippen MR) is 90.4 cm³/mol. The third-order valence-corrected chi connectivity index (χ3v) is 4.14. The van der Waals surface area contributed by atoms with Crippen molar-refractivity contribution in [1.82, 2.24) is 5.32 Å². The lowest BCUT2D eigenvalue weighted by molar-refractivity contribution is 0.306. The Balaban J connectivity index is 1.61. The molecule has 108 valence electrons. The number of ether oxygens (including phenoxy) is 1. The van der Waals surface area contributed by atoms with Crippen LogP contribution in [0, 0.1) is 0 Å². The van der Waals surface area contributed by atoms with Crippen molar-refractivity contribution in [2.75, 3.05) is 13.1 Å². The Morgan fingerprint density at radius 3 is 2.43 bits per heavy atom. The lowest BCUT2D eigenvalue weighted by Crippen LogP contribution is -2.19. The molecule has 2 aromatic rings. The van der Waals surface area contributed by atoms with Gasteiger partial charge in [-0.1, -0.05) is 46.3 Å². The van der Waals surface area contributed by atoms with Gasteiger partial charge in [-0.25, -0.2) is 0 Å². The van der Waals surface area contributed by atoms with Gasteiger partial charge in [0.15, 0.2) is 0 Å². The second kappa shape index (κ2) is 6.92. The van der Waals surface area contributed by atoms with Crippen molar-refractivity contribution in [2.45, 2.75) is 13.0 Å². The van der Waals surface area contributed by atoms with Gasteiger partial charge in [0.2, 0.25) is 0 Å². The Morgan fingerprint density at radius 1 is 1.00 bits per heavy atom. The van der Waals surface area contributed by atoms with Crippen molar-refractivity contribution < 1.29 is 4.74 Å². The minimum Gasteiger partial charge on any atom is -0.489 e. The molecule has 1 N–H and O–H groups in total. The second-order valence-corrected chi connectivity index (χ2v) is 6.04. The highest BCUT2D eigenvalue weighted by molar-refractivity contribution is 9.10. The first-order valence-electron chi connectivity index (χ1n) is 7.19. The van der Waals surface area contributed by atoms with Crippen molar-refractivity contribution in [3.8, 4) is 5.75 Å². The van der Waals surface area contributed by atoms with Crippen molar-refractivity contribution in [1.29, 1.82) is 0 Å². The van der Waals surface area contributed by atoms with Gasteiger partial charge >= 0.3 is 0 Å². The minimum atomic E-state index is 0.596. The Morgan fingerprint density at radius 2 is 1.76 bits per heavy atom. The molecule has 3 heteroatoms. The topological polar surface area (TPSA) is 21.3 Å². The Labute approximate surface area is 134 Å². The average Bonchev–Trinajstić information content (AvgIpc) is 2.56. The molecule has 2 aromatic carbocycles. The normalized spacial score (nSPS) is 14.6. The Bertz CT molecular complexity index is 617. The summed E-state index contributed by atoms with van der Waals surface area (Å²) in [5, 5.41) is 3.33. The van der Waals surface area contributed by atoms with Crippen LogP contribution in [0.3, 0.4) is 0 Å². The molecule has 1 heterocycles. The average molecular weight is 344 g/mol. The molecular formula is C18H18BrNO. The van der Waals surface area contributed by atoms with Gasteiger partial charge in [-0.2, -0.15) is 0 Å². The van der Waals surface area contributed by atoms with Gasteiger partial charge < -0.3 is 10.1 Å². The molecule has 0 aliphatic carbocycles. The lowest BCUT2D eigenvalue weighted by Gasteiger charge is -2.14. The first-order chi connectivity index (χ1) is 10.3. The van der Waals surface area contributed by atoms with Gasteiger partial charge in [0.05, 0.1) is 0 Å². The molecule has 0 saturated heterocycles. The van der Waals surface area contributed by atoms with E-state index in [9.17, 15) is 0 Å². The molecule has 21 heavy (non-hydrogen) atoms. The summed E-state index contributed by atoms with van der Waals surface area (Å²) in [6.07, 6.45) is 3.36. The Hall–Kier alpha value is -1.58. The van der Waals surface area contributed by atoms with E-state index in [0.29, 0.717) is 6.61 Å². The molecule has 0 unspecified atom stereocenters. The Kier molecular flexibility index (Phi) is 4.73. The van der Waals surface area contributed by atoms with Crippen LogP contribution in [0.2, 0.25) is 0 Å². The lowest BCUT2D eigenvalue weighted by atomic mass is 10.0. The van der Waals surface area contributed by atoms with Gasteiger partial charge in [-0.3, -0.25) is 0 Å². The van der Waals surface area contributed by atoms with E-state index in [1.807, 2.05) is 12.1 Å². The van der Waals surface area contributed by atoms with Crippen molar-refractivity contribution in [2.24, 2.45) is 0 Å². The van der Waals surface area contributed by atoms with Crippen molar-refractivity contribution in [3.05, 3.63) is 70.2 Å². The molecule has 0 aromatic heterocycles. The van der Waals surface area contributed by atoms with Crippen LogP contribution in [0.25, 0.3) is 5.57 Å². The SMILES string of the molecule is Brc1ccc(COc2ccc(C3=CCNCC3)cc2)cc1. The largest absolute Gasteiger partial charge is 0.489 e. The molecule has 0 amide bonds. The molecule has 0 fully saturated rings. The quantitative estimate of drug-likeness (QED) is 0.887. The van der Waals surface area contributed by atoms with Crippen LogP contribution >= 0.6 is 15.9 Å². The highest BCUT2D eigenvalue weighted by Gasteiger charge is 2.05. The van der Waals surface area contributed by atoms with Crippen molar-refractivity contribution in [3.63, 3.8) is 0 Å². The molecule has 1 aliphatic rings. The van der Waals surface area contributed by atoms with Crippen LogP contribution in [0.1, 0.15) is 17.5 Å². The van der Waals surface area contributed by atoms with Gasteiger partial charge in [0.1, 0.15) is 12.4 Å². The number of nitrogens with one attached hydrogen (secondary N) is 1. The van der Waals surface area contributed by atoms with E-state index in [-0.39, 0.29) is 0 Å². The molecule has 1 aliphatic heterocycles. The number of halogens is 1. The maximum atomic E-state index is 5.83. The van der Waals surface area contributed by atoms with E-state index in [4.69, 9.17) is 4.74 Å². The fourth-order valence-electron chi connectivity index (χ4n) is 2.40. The maximum Gasteiger partial charge on any atom is 0.119 e. The van der Waals surface area contributed by atoms with Crippen molar-refractivity contribution >= 4 is 21.5 Å². The molecule has 0 radical (unpaired) electrons. The van der Waals surface area contributed by atoms with E-state index >= 15 is 0 Å². The third-order valence-electron chi connectivity index (χ3n) is 3.61. The molecule has 2 nitrogen and oxygen atoms in total. The summed E-state index contributed by atoms with van der Waals surface area (Å²) in [5.74, 6) is 0.913. The zero-order valence-corrected chi connectivity index (χ0v) is 13.4. The third kappa shape index (κ3) is 3.96. The van der Waals surface area contributed by atoms with Gasteiger partial charge in [-0.05, 0) is 53.9 Å². The molecule has 0 saturated carbocycles. The van der Waals surface area contributed by atoms with Crippen LogP contribution in [-0.4, -0.2) is 13.1 Å². The molecule has 0 bridgehead atoms. The summed E-state index contributed by atoms with van der Waals surface area (Å²) in [6, 6.07) is 16.6. The van der Waals surface area contributed by atoms with E-state index in [0.717, 1.165) is 29.7 Å². The summed E-state index contributed by atoms with van der Waals surface area (Å²) in [7, 11) is 0. The zero-order valence-electron chi connectivity index (χ0n) is 11.8. The van der Waals surface area contributed by atoms with Gasteiger partial charge in [-0.15, -0.1) is 0 Å². The highest BCUT2D eigenvalue weighted by Crippen LogP contribution is 2.23. The van der Waals surface area contributed by atoms with E-state index in [2.05, 4.69) is 63.7 Å². The predicted octanol–water partition coefficient (Wildman–Crippen LogP) is 4.40. The number of hydrogen-bond donors (Lipinski definition) is 1. The maximum absolute atomic E-state index is 5.83. The summed E-state index contributed by atoms with van der Waals surface area (Å²) >= 11 is 3.44. The van der Waals surface area contributed by atoms with Gasteiger partial charge in [0.25, 0.3) is 0 Å². The van der Waals surface area contributed by atoms with E-state index < -0.39 is 0 Å². The summed E-state index contributed by atoms with van der Waals surface area (Å²) < 4.78 is 6.92. The number of rotatable bonds is 4. The molecule has 3 rings (SSSR count). The first kappa shape index (κ1) is 14.4. The summed E-state index contributed by atoms with van der Waals surface area (Å²) in [4.78, 5) is 0. The molecular weight excluding hydrogens is 326 g/mol. The van der Waals surface area contributed by atoms with Gasteiger partial charge in [0, 0.05) is 11.0 Å². The highest BCUT2D eigenvalue weighted by atomic mass is 79.9. The molecule has 0 spiro atoms. The van der Waals surface area contributed by atoms with E-state index in [1.54, 1.807) is 0 Å². The second-order valence-electron chi connectivity index (χ2n) is 5.12. The summed E-state index contributed by atoms with van der Waals surface area (Å²) in [5.41, 5.74) is 3.89. The minimum absolute atomic E-state index is 0.596. The fourth-order valence-corrected chi connectivity index (χ4v) is 2.66. The van der Waals surface area contributed by atoms with Crippen LogP contribution in [-0.2, 0) is 6.61 Å². The monoisotopic (exact) mass is 343 g/mol. The van der Waals surface area contributed by atoms with Crippen LogP contribution in [0.5, 0.6) is 5.75 Å². The summed E-state index contributed by atoms with van der Waals surface area (Å²) in [6.45, 7) is 2.63. The number of hydrogen-bond acceptors (Lipinski definition) is 2. The fraction of sp³-hybridized carbons (Fsp3) is 0.222. The first-order valence-corrected chi connectivity index (χ1v) is 7.98. The standard InChI is InChI=1S/C18H18BrNO/c19-17-5-1-14(2-6-17)13-21-18-7-3-15(4-8-18)16-9-11-20-12-10-16/h1-9,20H,10-13H2. The smallest absolute Gasteiger partial charge is 0.119 e. The van der Waals surface area contributed by atoms with Crippen LogP contribution in [0.4, 0.5) is 0 Å². The van der Waals surface area contributed by atoms with E-state index in [1.165, 1.54) is 16.7 Å². The zero-order chi connectivity index (χ0) is 14.5.